The Morgan fingerprint density at radius 2 is 1.95 bits per heavy atom. The summed E-state index contributed by atoms with van der Waals surface area (Å²) in [4.78, 5) is 12.5. The highest BCUT2D eigenvalue weighted by Gasteiger charge is 2.33. The summed E-state index contributed by atoms with van der Waals surface area (Å²) in [5.41, 5.74) is 0.597. The molecule has 0 radical (unpaired) electrons. The van der Waals surface area contributed by atoms with Crippen molar-refractivity contribution in [3.63, 3.8) is 0 Å². The van der Waals surface area contributed by atoms with Gasteiger partial charge in [-0.05, 0) is 36.4 Å². The lowest BCUT2D eigenvalue weighted by molar-refractivity contribution is -0.140. The molecule has 0 aliphatic carbocycles. The van der Waals surface area contributed by atoms with Crippen LogP contribution < -0.4 is 0 Å². The number of carboxylic acids is 1. The third-order valence-electron chi connectivity index (χ3n) is 3.07. The fourth-order valence-corrected chi connectivity index (χ4v) is 2.48. The average Bonchev–Trinajstić information content (AvgIpc) is 2.82. The predicted molar refractivity (Wildman–Crippen MR) is 77.4 cm³/mol. The van der Waals surface area contributed by atoms with Crippen molar-refractivity contribution in [2.45, 2.75) is 19.3 Å². The Hall–Kier alpha value is -2.05. The number of hydrogen-bond donors (Lipinski definition) is 1. The van der Waals surface area contributed by atoms with Crippen LogP contribution in [0.3, 0.4) is 0 Å². The molecule has 0 amide bonds. The van der Waals surface area contributed by atoms with Crippen LogP contribution in [0.2, 0.25) is 0 Å². The van der Waals surface area contributed by atoms with Gasteiger partial charge in [-0.25, -0.2) is 0 Å². The van der Waals surface area contributed by atoms with Gasteiger partial charge >= 0.3 is 5.97 Å². The molecule has 1 unspecified atom stereocenters. The topological polar surface area (TPSA) is 37.3 Å². The van der Waals surface area contributed by atoms with Crippen molar-refractivity contribution in [1.29, 1.82) is 0 Å². The summed E-state index contributed by atoms with van der Waals surface area (Å²) in [5, 5.41) is 11.4. The second-order valence-corrected chi connectivity index (χ2v) is 5.40. The number of rotatable bonds is 2. The van der Waals surface area contributed by atoms with Gasteiger partial charge in [-0.2, -0.15) is 0 Å². The largest absolute Gasteiger partial charge is 0.480 e. The first-order valence-electron chi connectivity index (χ1n) is 5.90. The van der Waals surface area contributed by atoms with Crippen LogP contribution in [-0.4, -0.2) is 11.1 Å². The number of carboxylic acid groups (broad SMARTS) is 1. The molecule has 1 heterocycles. The van der Waals surface area contributed by atoms with E-state index in [2.05, 4.69) is 11.8 Å². The van der Waals surface area contributed by atoms with Crippen molar-refractivity contribution in [3.05, 3.63) is 57.8 Å². The van der Waals surface area contributed by atoms with E-state index in [4.69, 9.17) is 0 Å². The van der Waals surface area contributed by atoms with Crippen LogP contribution in [0.25, 0.3) is 0 Å². The minimum atomic E-state index is -1.18. The molecule has 1 atom stereocenters. The molecule has 1 N–H and O–H groups in total. The molecule has 0 fully saturated rings. The van der Waals surface area contributed by atoms with Crippen molar-refractivity contribution >= 4 is 17.3 Å². The van der Waals surface area contributed by atoms with Gasteiger partial charge in [-0.3, -0.25) is 4.79 Å². The number of aryl methyl sites for hydroxylation is 1. The van der Waals surface area contributed by atoms with Gasteiger partial charge in [0.05, 0.1) is 4.88 Å². The number of benzene rings is 1. The SMILES string of the molecule is Cc1ccsc1C#CC(C)(C(=O)O)c1ccccc1. The van der Waals surface area contributed by atoms with Crippen molar-refractivity contribution in [2.24, 2.45) is 0 Å². The molecular weight excluding hydrogens is 256 g/mol. The maximum Gasteiger partial charge on any atom is 0.326 e. The summed E-state index contributed by atoms with van der Waals surface area (Å²) < 4.78 is 0. The standard InChI is InChI=1S/C16H14O2S/c1-12-9-11-19-14(12)8-10-16(2,15(17)18)13-6-4-3-5-7-13/h3-7,9,11H,1-2H3,(H,17,18). The summed E-state index contributed by atoms with van der Waals surface area (Å²) in [7, 11) is 0. The molecule has 19 heavy (non-hydrogen) atoms. The van der Waals surface area contributed by atoms with Crippen LogP contribution in [0.5, 0.6) is 0 Å². The zero-order valence-corrected chi connectivity index (χ0v) is 11.6. The van der Waals surface area contributed by atoms with Gasteiger partial charge in [0, 0.05) is 0 Å². The number of carbonyl (C=O) groups is 1. The van der Waals surface area contributed by atoms with Gasteiger partial charge in [0.1, 0.15) is 0 Å². The van der Waals surface area contributed by atoms with E-state index in [0.29, 0.717) is 5.56 Å². The zero-order chi connectivity index (χ0) is 13.9. The van der Waals surface area contributed by atoms with Gasteiger partial charge in [-0.15, -0.1) is 11.3 Å². The fraction of sp³-hybridized carbons (Fsp3) is 0.188. The van der Waals surface area contributed by atoms with Gasteiger partial charge in [0.25, 0.3) is 0 Å². The Labute approximate surface area is 116 Å². The molecule has 96 valence electrons. The summed E-state index contributed by atoms with van der Waals surface area (Å²) >= 11 is 1.53. The highest BCUT2D eigenvalue weighted by molar-refractivity contribution is 7.10. The van der Waals surface area contributed by atoms with Gasteiger partial charge in [0.15, 0.2) is 5.41 Å². The van der Waals surface area contributed by atoms with E-state index >= 15 is 0 Å². The third-order valence-corrected chi connectivity index (χ3v) is 4.00. The molecule has 0 aliphatic rings. The van der Waals surface area contributed by atoms with Gasteiger partial charge < -0.3 is 5.11 Å². The zero-order valence-electron chi connectivity index (χ0n) is 10.8. The normalized spacial score (nSPS) is 13.2. The van der Waals surface area contributed by atoms with E-state index in [0.717, 1.165) is 10.4 Å². The Balaban J connectivity index is 2.46. The van der Waals surface area contributed by atoms with E-state index in [9.17, 15) is 9.90 Å². The molecule has 0 bridgehead atoms. The summed E-state index contributed by atoms with van der Waals surface area (Å²) in [5.74, 6) is 4.99. The van der Waals surface area contributed by atoms with Crippen LogP contribution in [0, 0.1) is 18.8 Å². The quantitative estimate of drug-likeness (QED) is 0.849. The van der Waals surface area contributed by atoms with Crippen LogP contribution in [0.1, 0.15) is 22.9 Å². The molecule has 2 aromatic rings. The Kier molecular flexibility index (Phi) is 3.73. The minimum absolute atomic E-state index is 0.698. The maximum atomic E-state index is 11.6. The maximum absolute atomic E-state index is 11.6. The second kappa shape index (κ2) is 5.29. The van der Waals surface area contributed by atoms with Crippen LogP contribution in [0.15, 0.2) is 41.8 Å². The molecule has 3 heteroatoms. The summed E-state index contributed by atoms with van der Waals surface area (Å²) in [6, 6.07) is 11.1. The average molecular weight is 270 g/mol. The van der Waals surface area contributed by atoms with Gasteiger partial charge in [-0.1, -0.05) is 42.2 Å². The van der Waals surface area contributed by atoms with Crippen molar-refractivity contribution < 1.29 is 9.90 Å². The first-order valence-corrected chi connectivity index (χ1v) is 6.78. The van der Waals surface area contributed by atoms with Crippen LogP contribution in [0.4, 0.5) is 0 Å². The van der Waals surface area contributed by atoms with E-state index in [1.807, 2.05) is 36.6 Å². The highest BCUT2D eigenvalue weighted by atomic mass is 32.1. The predicted octanol–water partition coefficient (Wildman–Crippen LogP) is 3.45. The highest BCUT2D eigenvalue weighted by Crippen LogP contribution is 2.24. The molecule has 0 spiro atoms. The second-order valence-electron chi connectivity index (χ2n) is 4.48. The Morgan fingerprint density at radius 3 is 2.47 bits per heavy atom. The van der Waals surface area contributed by atoms with E-state index < -0.39 is 11.4 Å². The van der Waals surface area contributed by atoms with Crippen LogP contribution >= 0.6 is 11.3 Å². The van der Waals surface area contributed by atoms with Crippen molar-refractivity contribution in [2.75, 3.05) is 0 Å². The first-order chi connectivity index (χ1) is 9.04. The van der Waals surface area contributed by atoms with E-state index in [1.165, 1.54) is 11.3 Å². The lowest BCUT2D eigenvalue weighted by Gasteiger charge is -2.18. The lowest BCUT2D eigenvalue weighted by Crippen LogP contribution is -2.30. The summed E-state index contributed by atoms with van der Waals surface area (Å²) in [6.45, 7) is 3.61. The molecule has 1 aromatic carbocycles. The molecule has 2 nitrogen and oxygen atoms in total. The molecule has 0 aliphatic heterocycles. The third kappa shape index (κ3) is 2.69. The van der Waals surface area contributed by atoms with Crippen molar-refractivity contribution in [3.8, 4) is 11.8 Å². The number of thiophene rings is 1. The van der Waals surface area contributed by atoms with Crippen molar-refractivity contribution in [1.82, 2.24) is 0 Å². The number of aliphatic carboxylic acids is 1. The Morgan fingerprint density at radius 1 is 1.26 bits per heavy atom. The molecule has 2 rings (SSSR count). The van der Waals surface area contributed by atoms with Crippen LogP contribution in [-0.2, 0) is 10.2 Å². The summed E-state index contributed by atoms with van der Waals surface area (Å²) in [6.07, 6.45) is 0. The molecule has 0 saturated carbocycles. The van der Waals surface area contributed by atoms with E-state index in [1.54, 1.807) is 19.1 Å². The molecular formula is C16H14O2S. The lowest BCUT2D eigenvalue weighted by atomic mass is 9.83. The first kappa shape index (κ1) is 13.4. The van der Waals surface area contributed by atoms with E-state index in [-0.39, 0.29) is 0 Å². The Bertz CT molecular complexity index is 646. The molecule has 1 aromatic heterocycles. The minimum Gasteiger partial charge on any atom is -0.480 e. The molecule has 0 saturated heterocycles. The fourth-order valence-electron chi connectivity index (χ4n) is 1.70. The smallest absolute Gasteiger partial charge is 0.326 e. The number of hydrogen-bond acceptors (Lipinski definition) is 2. The monoisotopic (exact) mass is 270 g/mol. The van der Waals surface area contributed by atoms with Gasteiger partial charge in [0.2, 0.25) is 0 Å².